The fourth-order valence-electron chi connectivity index (χ4n) is 2.40. The van der Waals surface area contributed by atoms with Crippen molar-refractivity contribution in [2.45, 2.75) is 44.6 Å². The molecule has 1 nitrogen and oxygen atoms in total. The van der Waals surface area contributed by atoms with Crippen LogP contribution in [0.4, 0.5) is 0 Å². The van der Waals surface area contributed by atoms with Crippen molar-refractivity contribution in [2.24, 2.45) is 11.8 Å². The monoisotopic (exact) mass is 140 g/mol. The third-order valence-corrected chi connectivity index (χ3v) is 3.23. The van der Waals surface area contributed by atoms with Gasteiger partial charge in [0.2, 0.25) is 0 Å². The molecule has 1 heteroatoms. The van der Waals surface area contributed by atoms with E-state index >= 15 is 0 Å². The van der Waals surface area contributed by atoms with Crippen molar-refractivity contribution in [1.82, 2.24) is 0 Å². The average Bonchev–Trinajstić information content (AvgIpc) is 2.56. The Labute approximate surface area is 62.4 Å². The predicted molar refractivity (Wildman–Crippen MR) is 40.7 cm³/mol. The van der Waals surface area contributed by atoms with Crippen molar-refractivity contribution in [3.05, 3.63) is 0 Å². The Bertz CT molecular complexity index is 140. The quantitative estimate of drug-likeness (QED) is 0.545. The summed E-state index contributed by atoms with van der Waals surface area (Å²) in [6.45, 7) is 2.02. The molecule has 0 aromatic rings. The second-order valence-corrected chi connectivity index (χ2v) is 4.21. The topological polar surface area (TPSA) is 20.2 Å². The Morgan fingerprint density at radius 3 is 3.00 bits per heavy atom. The fourth-order valence-corrected chi connectivity index (χ4v) is 2.40. The van der Waals surface area contributed by atoms with E-state index in [1.54, 1.807) is 0 Å². The molecule has 0 radical (unpaired) electrons. The number of hydrogen-bond donors (Lipinski definition) is 1. The van der Waals surface area contributed by atoms with Gasteiger partial charge in [-0.1, -0.05) is 19.3 Å². The van der Waals surface area contributed by atoms with Crippen molar-refractivity contribution in [1.29, 1.82) is 0 Å². The largest absolute Gasteiger partial charge is 0.390 e. The molecule has 0 saturated heterocycles. The molecule has 3 atom stereocenters. The normalized spacial score (nSPS) is 53.4. The van der Waals surface area contributed by atoms with Crippen LogP contribution in [0.25, 0.3) is 0 Å². The molecule has 0 bridgehead atoms. The summed E-state index contributed by atoms with van der Waals surface area (Å²) in [6, 6.07) is 0. The number of fused-ring (bicyclic) bond motifs is 1. The first-order valence-corrected chi connectivity index (χ1v) is 4.42. The number of hydrogen-bond acceptors (Lipinski definition) is 1. The SMILES string of the molecule is C[C@]1(O)CCCC[C@H]2C[C@H]21. The smallest absolute Gasteiger partial charge is 0.0650 e. The third kappa shape index (κ3) is 0.968. The molecule has 10 heavy (non-hydrogen) atoms. The minimum Gasteiger partial charge on any atom is -0.390 e. The zero-order valence-electron chi connectivity index (χ0n) is 6.64. The fraction of sp³-hybridized carbons (Fsp3) is 1.00. The van der Waals surface area contributed by atoms with Crippen LogP contribution in [0.2, 0.25) is 0 Å². The van der Waals surface area contributed by atoms with Crippen LogP contribution in [-0.4, -0.2) is 10.7 Å². The molecule has 0 unspecified atom stereocenters. The molecule has 0 aliphatic heterocycles. The summed E-state index contributed by atoms with van der Waals surface area (Å²) in [4.78, 5) is 0. The zero-order chi connectivity index (χ0) is 7.19. The van der Waals surface area contributed by atoms with Gasteiger partial charge in [0.15, 0.2) is 0 Å². The van der Waals surface area contributed by atoms with Crippen molar-refractivity contribution in [3.63, 3.8) is 0 Å². The Kier molecular flexibility index (Phi) is 1.31. The van der Waals surface area contributed by atoms with E-state index in [1.807, 2.05) is 6.92 Å². The zero-order valence-corrected chi connectivity index (χ0v) is 6.64. The van der Waals surface area contributed by atoms with Crippen molar-refractivity contribution < 1.29 is 5.11 Å². The Balaban J connectivity index is 2.06. The van der Waals surface area contributed by atoms with Crippen LogP contribution in [-0.2, 0) is 0 Å². The molecular weight excluding hydrogens is 124 g/mol. The highest BCUT2D eigenvalue weighted by Gasteiger charge is 2.49. The number of rotatable bonds is 0. The maximum Gasteiger partial charge on any atom is 0.0650 e. The van der Waals surface area contributed by atoms with E-state index in [9.17, 15) is 5.11 Å². The molecule has 2 rings (SSSR count). The molecule has 2 saturated carbocycles. The van der Waals surface area contributed by atoms with Gasteiger partial charge >= 0.3 is 0 Å². The number of aliphatic hydroxyl groups is 1. The van der Waals surface area contributed by atoms with Crippen molar-refractivity contribution >= 4 is 0 Å². The maximum atomic E-state index is 9.86. The van der Waals surface area contributed by atoms with Gasteiger partial charge in [-0.25, -0.2) is 0 Å². The first-order chi connectivity index (χ1) is 4.70. The van der Waals surface area contributed by atoms with E-state index in [-0.39, 0.29) is 5.60 Å². The van der Waals surface area contributed by atoms with Crippen LogP contribution in [0.5, 0.6) is 0 Å². The molecule has 0 heterocycles. The molecule has 58 valence electrons. The van der Waals surface area contributed by atoms with Gasteiger partial charge in [-0.2, -0.15) is 0 Å². The summed E-state index contributed by atoms with van der Waals surface area (Å²) < 4.78 is 0. The summed E-state index contributed by atoms with van der Waals surface area (Å²) in [5.74, 6) is 1.55. The third-order valence-electron chi connectivity index (χ3n) is 3.23. The van der Waals surface area contributed by atoms with Gasteiger partial charge in [0, 0.05) is 0 Å². The van der Waals surface area contributed by atoms with Crippen LogP contribution in [0, 0.1) is 11.8 Å². The van der Waals surface area contributed by atoms with E-state index in [0.29, 0.717) is 5.92 Å². The first kappa shape index (κ1) is 6.66. The van der Waals surface area contributed by atoms with Gasteiger partial charge in [-0.15, -0.1) is 0 Å². The van der Waals surface area contributed by atoms with Gasteiger partial charge in [-0.3, -0.25) is 0 Å². The lowest BCUT2D eigenvalue weighted by molar-refractivity contribution is 0.0260. The van der Waals surface area contributed by atoms with E-state index in [2.05, 4.69) is 0 Å². The molecule has 2 aliphatic carbocycles. The van der Waals surface area contributed by atoms with Crippen LogP contribution in [0.15, 0.2) is 0 Å². The lowest BCUT2D eigenvalue weighted by atomic mass is 9.95. The molecule has 0 amide bonds. The van der Waals surface area contributed by atoms with Crippen LogP contribution < -0.4 is 0 Å². The van der Waals surface area contributed by atoms with Gasteiger partial charge in [0.1, 0.15) is 0 Å². The van der Waals surface area contributed by atoms with E-state index < -0.39 is 0 Å². The van der Waals surface area contributed by atoms with Crippen molar-refractivity contribution in [3.8, 4) is 0 Å². The average molecular weight is 140 g/mol. The minimum atomic E-state index is -0.304. The van der Waals surface area contributed by atoms with E-state index in [1.165, 1.54) is 25.7 Å². The van der Waals surface area contributed by atoms with Gasteiger partial charge in [-0.05, 0) is 31.6 Å². The molecule has 0 aromatic heterocycles. The second kappa shape index (κ2) is 1.97. The Hall–Kier alpha value is -0.0400. The van der Waals surface area contributed by atoms with E-state index in [0.717, 1.165) is 12.3 Å². The molecule has 2 fully saturated rings. The molecular formula is C9H16O. The lowest BCUT2D eigenvalue weighted by Crippen LogP contribution is -2.26. The van der Waals surface area contributed by atoms with Gasteiger partial charge < -0.3 is 5.11 Å². The standard InChI is InChI=1S/C9H16O/c1-9(10)5-3-2-4-7-6-8(7)9/h7-8,10H,2-6H2,1H3/t7-,8+,9-/m0/s1. The van der Waals surface area contributed by atoms with Gasteiger partial charge in [0.05, 0.1) is 5.60 Å². The summed E-state index contributed by atoms with van der Waals surface area (Å²) in [5, 5.41) is 9.86. The predicted octanol–water partition coefficient (Wildman–Crippen LogP) is 1.95. The summed E-state index contributed by atoms with van der Waals surface area (Å²) in [7, 11) is 0. The highest BCUT2D eigenvalue weighted by atomic mass is 16.3. The van der Waals surface area contributed by atoms with Crippen LogP contribution in [0.3, 0.4) is 0 Å². The molecule has 2 aliphatic rings. The Morgan fingerprint density at radius 2 is 2.20 bits per heavy atom. The summed E-state index contributed by atoms with van der Waals surface area (Å²) >= 11 is 0. The molecule has 0 aromatic carbocycles. The van der Waals surface area contributed by atoms with Crippen LogP contribution >= 0.6 is 0 Å². The first-order valence-electron chi connectivity index (χ1n) is 4.42. The molecule has 0 spiro atoms. The minimum absolute atomic E-state index is 0.304. The Morgan fingerprint density at radius 1 is 1.40 bits per heavy atom. The van der Waals surface area contributed by atoms with E-state index in [4.69, 9.17) is 0 Å². The second-order valence-electron chi connectivity index (χ2n) is 4.21. The maximum absolute atomic E-state index is 9.86. The molecule has 1 N–H and O–H groups in total. The summed E-state index contributed by atoms with van der Waals surface area (Å²) in [6.07, 6.45) is 6.29. The van der Waals surface area contributed by atoms with Crippen molar-refractivity contribution in [2.75, 3.05) is 0 Å². The van der Waals surface area contributed by atoms with Gasteiger partial charge in [0.25, 0.3) is 0 Å². The highest BCUT2D eigenvalue weighted by Crippen LogP contribution is 2.52. The summed E-state index contributed by atoms with van der Waals surface area (Å²) in [5.41, 5.74) is -0.304. The highest BCUT2D eigenvalue weighted by molar-refractivity contribution is 5.00. The van der Waals surface area contributed by atoms with Crippen LogP contribution in [0.1, 0.15) is 39.0 Å². The lowest BCUT2D eigenvalue weighted by Gasteiger charge is -2.21.